The van der Waals surface area contributed by atoms with Crippen LogP contribution in [0.5, 0.6) is 5.75 Å². The minimum Gasteiger partial charge on any atom is -0.508 e. The van der Waals surface area contributed by atoms with Crippen LogP contribution in [0.4, 0.5) is 5.69 Å². The third-order valence-corrected chi connectivity index (χ3v) is 3.50. The maximum absolute atomic E-state index is 10.9. The number of carboxylic acid groups (broad SMARTS) is 1. The number of hydrogen-bond acceptors (Lipinski definition) is 4. The fourth-order valence-corrected chi connectivity index (χ4v) is 2.46. The number of nitrogens with one attached hydrogen (secondary N) is 1. The summed E-state index contributed by atoms with van der Waals surface area (Å²) in [6.07, 6.45) is 1.51. The Labute approximate surface area is 121 Å². The molecule has 0 aliphatic heterocycles. The molecule has 0 spiro atoms. The second-order valence-electron chi connectivity index (χ2n) is 4.86. The lowest BCUT2D eigenvalue weighted by molar-refractivity contribution is 0.0697. The van der Waals surface area contributed by atoms with Crippen molar-refractivity contribution in [1.82, 2.24) is 0 Å². The van der Waals surface area contributed by atoms with E-state index in [0.717, 1.165) is 29.7 Å². The number of carboxylic acids is 1. The highest BCUT2D eigenvalue weighted by molar-refractivity contribution is 6.05. The Kier molecular flexibility index (Phi) is 3.31. The number of hydrogen-bond donors (Lipinski definition) is 3. The Hall–Kier alpha value is -2.82. The van der Waals surface area contributed by atoms with Crippen LogP contribution < -0.4 is 5.43 Å². The number of benzene rings is 2. The predicted octanol–water partition coefficient (Wildman–Crippen LogP) is 2.85. The molecule has 0 aromatic heterocycles. The quantitative estimate of drug-likeness (QED) is 0.756. The lowest BCUT2D eigenvalue weighted by Gasteiger charge is -2.05. The molecule has 1 aliphatic rings. The second kappa shape index (κ2) is 5.28. The fourth-order valence-electron chi connectivity index (χ4n) is 2.46. The third-order valence-electron chi connectivity index (χ3n) is 3.50. The Bertz CT molecular complexity index is 738. The van der Waals surface area contributed by atoms with E-state index in [1.165, 1.54) is 12.1 Å². The molecule has 0 saturated heterocycles. The average molecular weight is 282 g/mol. The molecule has 0 amide bonds. The standard InChI is InChI=1S/C16H14N2O3/c19-15-6-2-5-12-13(15)7-8-14(12)18-17-11-4-1-3-10(9-11)16(20)21/h1-6,9,17,19H,7-8H2,(H,20,21)/b18-14+. The van der Waals surface area contributed by atoms with Crippen LogP contribution in [0, 0.1) is 0 Å². The van der Waals surface area contributed by atoms with Gasteiger partial charge in [0.05, 0.1) is 17.0 Å². The van der Waals surface area contributed by atoms with E-state index in [-0.39, 0.29) is 5.56 Å². The van der Waals surface area contributed by atoms with E-state index in [9.17, 15) is 9.90 Å². The highest BCUT2D eigenvalue weighted by Crippen LogP contribution is 2.30. The molecule has 106 valence electrons. The highest BCUT2D eigenvalue weighted by Gasteiger charge is 2.20. The molecule has 0 heterocycles. The molecule has 0 radical (unpaired) electrons. The van der Waals surface area contributed by atoms with Crippen molar-refractivity contribution in [3.8, 4) is 5.75 Å². The monoisotopic (exact) mass is 282 g/mol. The van der Waals surface area contributed by atoms with Crippen LogP contribution in [0.1, 0.15) is 27.9 Å². The molecule has 5 heteroatoms. The van der Waals surface area contributed by atoms with Gasteiger partial charge >= 0.3 is 5.97 Å². The number of carbonyl (C=O) groups is 1. The molecule has 2 aromatic rings. The van der Waals surface area contributed by atoms with E-state index in [0.29, 0.717) is 11.4 Å². The molecule has 3 N–H and O–H groups in total. The number of anilines is 1. The zero-order chi connectivity index (χ0) is 14.8. The number of phenolic OH excluding ortho intramolecular Hbond substituents is 1. The van der Waals surface area contributed by atoms with E-state index in [1.54, 1.807) is 24.3 Å². The van der Waals surface area contributed by atoms with Crippen molar-refractivity contribution < 1.29 is 15.0 Å². The summed E-state index contributed by atoms with van der Waals surface area (Å²) < 4.78 is 0. The smallest absolute Gasteiger partial charge is 0.335 e. The van der Waals surface area contributed by atoms with Gasteiger partial charge in [-0.05, 0) is 37.1 Å². The Morgan fingerprint density at radius 1 is 1.14 bits per heavy atom. The summed E-state index contributed by atoms with van der Waals surface area (Å²) in [4.78, 5) is 10.9. The number of hydrazone groups is 1. The molecule has 0 saturated carbocycles. The van der Waals surface area contributed by atoms with E-state index in [2.05, 4.69) is 10.5 Å². The van der Waals surface area contributed by atoms with Crippen LogP contribution >= 0.6 is 0 Å². The molecule has 0 atom stereocenters. The Balaban J connectivity index is 1.84. The molecular formula is C16H14N2O3. The number of aromatic hydroxyl groups is 1. The Morgan fingerprint density at radius 3 is 2.76 bits per heavy atom. The van der Waals surface area contributed by atoms with Crippen molar-refractivity contribution in [2.75, 3.05) is 5.43 Å². The van der Waals surface area contributed by atoms with Gasteiger partial charge in [0.1, 0.15) is 5.75 Å². The topological polar surface area (TPSA) is 81.9 Å². The molecule has 0 unspecified atom stereocenters. The lowest BCUT2D eigenvalue weighted by Crippen LogP contribution is -2.01. The molecule has 2 aromatic carbocycles. The minimum absolute atomic E-state index is 0.213. The normalized spacial score (nSPS) is 15.0. The second-order valence-corrected chi connectivity index (χ2v) is 4.86. The number of nitrogens with zero attached hydrogens (tertiary/aromatic N) is 1. The van der Waals surface area contributed by atoms with Crippen molar-refractivity contribution >= 4 is 17.4 Å². The van der Waals surface area contributed by atoms with Gasteiger partial charge in [0.25, 0.3) is 0 Å². The summed E-state index contributed by atoms with van der Waals surface area (Å²) in [5.41, 5.74) is 6.44. The minimum atomic E-state index is -0.970. The van der Waals surface area contributed by atoms with Crippen molar-refractivity contribution in [2.45, 2.75) is 12.8 Å². The van der Waals surface area contributed by atoms with Crippen LogP contribution in [-0.2, 0) is 6.42 Å². The number of rotatable bonds is 3. The zero-order valence-corrected chi connectivity index (χ0v) is 11.2. The van der Waals surface area contributed by atoms with Gasteiger partial charge in [-0.3, -0.25) is 5.43 Å². The SMILES string of the molecule is O=C(O)c1cccc(N/N=C2\CCc3c(O)cccc32)c1. The largest absolute Gasteiger partial charge is 0.508 e. The molecule has 3 rings (SSSR count). The average Bonchev–Trinajstić information content (AvgIpc) is 2.90. The van der Waals surface area contributed by atoms with E-state index in [1.807, 2.05) is 6.07 Å². The van der Waals surface area contributed by atoms with Gasteiger partial charge in [-0.2, -0.15) is 5.10 Å². The van der Waals surface area contributed by atoms with Crippen LogP contribution in [0.3, 0.4) is 0 Å². The van der Waals surface area contributed by atoms with E-state index in [4.69, 9.17) is 5.11 Å². The van der Waals surface area contributed by atoms with E-state index < -0.39 is 5.97 Å². The van der Waals surface area contributed by atoms with Crippen molar-refractivity contribution in [3.63, 3.8) is 0 Å². The highest BCUT2D eigenvalue weighted by atomic mass is 16.4. The van der Waals surface area contributed by atoms with Gasteiger partial charge in [-0.25, -0.2) is 4.79 Å². The van der Waals surface area contributed by atoms with Gasteiger partial charge in [-0.1, -0.05) is 18.2 Å². The first-order valence-corrected chi connectivity index (χ1v) is 6.62. The number of phenols is 1. The van der Waals surface area contributed by atoms with Crippen LogP contribution in [-0.4, -0.2) is 21.9 Å². The van der Waals surface area contributed by atoms with Crippen LogP contribution in [0.25, 0.3) is 0 Å². The number of aromatic carboxylic acids is 1. The van der Waals surface area contributed by atoms with Crippen molar-refractivity contribution in [1.29, 1.82) is 0 Å². The molecule has 1 aliphatic carbocycles. The molecular weight excluding hydrogens is 268 g/mol. The maximum Gasteiger partial charge on any atom is 0.335 e. The van der Waals surface area contributed by atoms with Gasteiger partial charge in [0.15, 0.2) is 0 Å². The maximum atomic E-state index is 10.9. The lowest BCUT2D eigenvalue weighted by atomic mass is 10.1. The zero-order valence-electron chi connectivity index (χ0n) is 11.2. The first-order valence-electron chi connectivity index (χ1n) is 6.62. The Morgan fingerprint density at radius 2 is 1.95 bits per heavy atom. The van der Waals surface area contributed by atoms with E-state index >= 15 is 0 Å². The van der Waals surface area contributed by atoms with Crippen molar-refractivity contribution in [2.24, 2.45) is 5.10 Å². The van der Waals surface area contributed by atoms with Gasteiger partial charge in [0, 0.05) is 11.1 Å². The summed E-state index contributed by atoms with van der Waals surface area (Å²) in [5, 5.41) is 23.1. The summed E-state index contributed by atoms with van der Waals surface area (Å²) in [7, 11) is 0. The van der Waals surface area contributed by atoms with Crippen LogP contribution in [0.15, 0.2) is 47.6 Å². The fraction of sp³-hybridized carbons (Fsp3) is 0.125. The summed E-state index contributed by atoms with van der Waals surface area (Å²) >= 11 is 0. The van der Waals surface area contributed by atoms with Gasteiger partial charge < -0.3 is 10.2 Å². The predicted molar refractivity (Wildman–Crippen MR) is 80.0 cm³/mol. The van der Waals surface area contributed by atoms with Crippen LogP contribution in [0.2, 0.25) is 0 Å². The number of fused-ring (bicyclic) bond motifs is 1. The van der Waals surface area contributed by atoms with Crippen molar-refractivity contribution in [3.05, 3.63) is 59.2 Å². The molecule has 0 fully saturated rings. The molecule has 21 heavy (non-hydrogen) atoms. The van der Waals surface area contributed by atoms with Gasteiger partial charge in [-0.15, -0.1) is 0 Å². The third kappa shape index (κ3) is 2.58. The summed E-state index contributed by atoms with van der Waals surface area (Å²) in [6.45, 7) is 0. The molecule has 0 bridgehead atoms. The first-order chi connectivity index (χ1) is 10.1. The first kappa shape index (κ1) is 13.2. The summed E-state index contributed by atoms with van der Waals surface area (Å²) in [5.74, 6) is -0.673. The van der Waals surface area contributed by atoms with Gasteiger partial charge in [0.2, 0.25) is 0 Å². The summed E-state index contributed by atoms with van der Waals surface area (Å²) in [6, 6.07) is 11.9. The molecule has 5 nitrogen and oxygen atoms in total.